The second-order valence-corrected chi connectivity index (χ2v) is 8.26. The normalized spacial score (nSPS) is 27.5. The number of halogens is 3. The Morgan fingerprint density at radius 2 is 1.88 bits per heavy atom. The summed E-state index contributed by atoms with van der Waals surface area (Å²) in [5.41, 5.74) is -1.25. The van der Waals surface area contributed by atoms with Gasteiger partial charge >= 0.3 is 18.1 Å². The van der Waals surface area contributed by atoms with E-state index in [1.165, 1.54) is 0 Å². The van der Waals surface area contributed by atoms with Crippen LogP contribution in [0.4, 0.5) is 13.2 Å². The summed E-state index contributed by atoms with van der Waals surface area (Å²) in [6, 6.07) is 0. The van der Waals surface area contributed by atoms with Crippen LogP contribution in [0.5, 0.6) is 0 Å². The molecule has 1 aliphatic heterocycles. The van der Waals surface area contributed by atoms with Gasteiger partial charge < -0.3 is 9.84 Å². The zero-order chi connectivity index (χ0) is 18.3. The second-order valence-electron chi connectivity index (χ2n) is 6.29. The molecule has 138 valence electrons. The van der Waals surface area contributed by atoms with Gasteiger partial charge in [0.25, 0.3) is 0 Å². The minimum Gasteiger partial charge on any atom is -0.481 e. The molecule has 24 heavy (non-hydrogen) atoms. The number of methoxy groups -OCH3 is 1. The van der Waals surface area contributed by atoms with Crippen molar-refractivity contribution in [3.8, 4) is 0 Å². The number of alkyl halides is 3. The molecule has 0 amide bonds. The maximum Gasteiger partial charge on any atom is 0.393 e. The van der Waals surface area contributed by atoms with Gasteiger partial charge in [0.15, 0.2) is 0 Å². The van der Waals surface area contributed by atoms with Gasteiger partial charge in [-0.25, -0.2) is 12.7 Å². The van der Waals surface area contributed by atoms with E-state index in [1.807, 2.05) is 0 Å². The molecular formula is C13H18F3NO6S. The van der Waals surface area contributed by atoms with E-state index in [-0.39, 0.29) is 12.8 Å². The Morgan fingerprint density at radius 1 is 1.29 bits per heavy atom. The van der Waals surface area contributed by atoms with Gasteiger partial charge in [-0.05, 0) is 12.8 Å². The Bertz CT molecular complexity index is 628. The molecule has 0 bridgehead atoms. The fourth-order valence-electron chi connectivity index (χ4n) is 3.24. The van der Waals surface area contributed by atoms with Crippen LogP contribution in [-0.2, 0) is 24.3 Å². The molecule has 1 saturated carbocycles. The molecule has 0 aromatic carbocycles. The number of carbonyl (C=O) groups excluding carboxylic acids is 1. The zero-order valence-corrected chi connectivity index (χ0v) is 13.7. The predicted molar refractivity (Wildman–Crippen MR) is 74.3 cm³/mol. The minimum absolute atomic E-state index is 0.276. The van der Waals surface area contributed by atoms with Gasteiger partial charge in [0.1, 0.15) is 0 Å². The monoisotopic (exact) mass is 373 g/mol. The average molecular weight is 373 g/mol. The van der Waals surface area contributed by atoms with Gasteiger partial charge in [0.2, 0.25) is 10.0 Å². The lowest BCUT2D eigenvalue weighted by molar-refractivity contribution is -0.187. The van der Waals surface area contributed by atoms with E-state index in [1.54, 1.807) is 0 Å². The molecule has 0 unspecified atom stereocenters. The summed E-state index contributed by atoms with van der Waals surface area (Å²) in [6.45, 7) is -1.70. The molecule has 0 aromatic rings. The van der Waals surface area contributed by atoms with Gasteiger partial charge in [-0.3, -0.25) is 9.59 Å². The Morgan fingerprint density at radius 3 is 2.21 bits per heavy atom. The summed E-state index contributed by atoms with van der Waals surface area (Å²) in [5.74, 6) is -7.18. The summed E-state index contributed by atoms with van der Waals surface area (Å²) in [4.78, 5) is 22.9. The van der Waals surface area contributed by atoms with Crippen LogP contribution in [0, 0.1) is 17.3 Å². The number of sulfonamides is 1. The zero-order valence-electron chi connectivity index (χ0n) is 12.9. The van der Waals surface area contributed by atoms with Crippen LogP contribution in [0.2, 0.25) is 0 Å². The molecule has 2 atom stereocenters. The summed E-state index contributed by atoms with van der Waals surface area (Å²) < 4.78 is 69.0. The Hall–Kier alpha value is -1.36. The van der Waals surface area contributed by atoms with Crippen LogP contribution >= 0.6 is 0 Å². The van der Waals surface area contributed by atoms with Crippen molar-refractivity contribution in [3.05, 3.63) is 0 Å². The maximum atomic E-state index is 13.0. The molecule has 2 rings (SSSR count). The number of esters is 1. The molecule has 2 aliphatic rings. The molecule has 0 spiro atoms. The summed E-state index contributed by atoms with van der Waals surface area (Å²) in [5, 5.41) is 8.95. The molecule has 2 fully saturated rings. The fraction of sp³-hybridized carbons (Fsp3) is 0.846. The van der Waals surface area contributed by atoms with Gasteiger partial charge in [-0.15, -0.1) is 0 Å². The summed E-state index contributed by atoms with van der Waals surface area (Å²) >= 11 is 0. The number of rotatable bonds is 5. The first kappa shape index (κ1) is 19.0. The fourth-order valence-corrected chi connectivity index (χ4v) is 5.31. The third-order valence-corrected chi connectivity index (χ3v) is 6.81. The van der Waals surface area contributed by atoms with Crippen LogP contribution in [0.3, 0.4) is 0 Å². The van der Waals surface area contributed by atoms with Crippen molar-refractivity contribution in [2.75, 3.05) is 26.0 Å². The van der Waals surface area contributed by atoms with Gasteiger partial charge in [-0.1, -0.05) is 6.42 Å². The van der Waals surface area contributed by atoms with Crippen molar-refractivity contribution < 1.29 is 41.0 Å². The number of hydrogen-bond donors (Lipinski definition) is 1. The standard InChI is InChI=1S/C13H18F3NO6S/c1-23-11(20)12(3-2-4-12)7-24(21,22)17-5-8(10(18)19)9(6-17)13(14,15)16/h8-9H,2-7H2,1H3,(H,18,19)/t8-,9-/m1/s1. The number of carboxylic acid groups (broad SMARTS) is 1. The smallest absolute Gasteiger partial charge is 0.393 e. The number of aliphatic carboxylic acids is 1. The molecular weight excluding hydrogens is 355 g/mol. The second kappa shape index (κ2) is 6.17. The number of nitrogens with zero attached hydrogens (tertiary/aromatic N) is 1. The van der Waals surface area contributed by atoms with Crippen LogP contribution in [0.1, 0.15) is 19.3 Å². The summed E-state index contributed by atoms with van der Waals surface area (Å²) in [7, 11) is -3.11. The molecule has 11 heteroatoms. The molecule has 1 heterocycles. The quantitative estimate of drug-likeness (QED) is 0.717. The van der Waals surface area contributed by atoms with Gasteiger partial charge in [0.05, 0.1) is 30.1 Å². The summed E-state index contributed by atoms with van der Waals surface area (Å²) in [6.07, 6.45) is -3.65. The lowest BCUT2D eigenvalue weighted by Gasteiger charge is -2.39. The highest BCUT2D eigenvalue weighted by molar-refractivity contribution is 7.89. The highest BCUT2D eigenvalue weighted by Gasteiger charge is 2.56. The van der Waals surface area contributed by atoms with Gasteiger partial charge in [-0.2, -0.15) is 13.2 Å². The Labute approximate surface area is 136 Å². The lowest BCUT2D eigenvalue weighted by atomic mass is 9.70. The number of hydrogen-bond acceptors (Lipinski definition) is 5. The van der Waals surface area contributed by atoms with E-state index < -0.39 is 64.2 Å². The van der Waals surface area contributed by atoms with Crippen LogP contribution in [0.25, 0.3) is 0 Å². The molecule has 7 nitrogen and oxygen atoms in total. The van der Waals surface area contributed by atoms with Crippen molar-refractivity contribution >= 4 is 22.0 Å². The van der Waals surface area contributed by atoms with Crippen LogP contribution in [0.15, 0.2) is 0 Å². The van der Waals surface area contributed by atoms with Crippen LogP contribution < -0.4 is 0 Å². The molecule has 1 aliphatic carbocycles. The van der Waals surface area contributed by atoms with Crippen molar-refractivity contribution in [2.45, 2.75) is 25.4 Å². The Kier molecular flexibility index (Phi) is 4.88. The number of ether oxygens (including phenoxy) is 1. The van der Waals surface area contributed by atoms with E-state index in [2.05, 4.69) is 4.74 Å². The van der Waals surface area contributed by atoms with Crippen LogP contribution in [-0.4, -0.2) is 61.9 Å². The van der Waals surface area contributed by atoms with E-state index in [0.29, 0.717) is 10.7 Å². The van der Waals surface area contributed by atoms with Gasteiger partial charge in [0, 0.05) is 13.1 Å². The van der Waals surface area contributed by atoms with Crippen molar-refractivity contribution in [1.29, 1.82) is 0 Å². The van der Waals surface area contributed by atoms with Crippen molar-refractivity contribution in [1.82, 2.24) is 4.31 Å². The highest BCUT2D eigenvalue weighted by atomic mass is 32.2. The first-order valence-corrected chi connectivity index (χ1v) is 8.90. The Balaban J connectivity index is 2.21. The average Bonchev–Trinajstić information content (AvgIpc) is 2.88. The van der Waals surface area contributed by atoms with E-state index in [4.69, 9.17) is 5.11 Å². The van der Waals surface area contributed by atoms with Crippen molar-refractivity contribution in [2.24, 2.45) is 17.3 Å². The first-order valence-electron chi connectivity index (χ1n) is 7.29. The lowest BCUT2D eigenvalue weighted by Crippen LogP contribution is -2.48. The molecule has 1 N–H and O–H groups in total. The molecule has 0 aromatic heterocycles. The third kappa shape index (κ3) is 3.37. The first-order chi connectivity index (χ1) is 10.9. The SMILES string of the molecule is COC(=O)C1(CS(=O)(=O)N2C[C@@H](C(F)(F)F)[C@H](C(=O)O)C2)CCC1. The number of carbonyl (C=O) groups is 2. The highest BCUT2D eigenvalue weighted by Crippen LogP contribution is 2.45. The topological polar surface area (TPSA) is 101 Å². The third-order valence-electron chi connectivity index (χ3n) is 4.81. The number of carboxylic acids is 1. The van der Waals surface area contributed by atoms with E-state index >= 15 is 0 Å². The predicted octanol–water partition coefficient (Wildman–Crippen LogP) is 0.854. The van der Waals surface area contributed by atoms with Crippen molar-refractivity contribution in [3.63, 3.8) is 0 Å². The molecule has 0 radical (unpaired) electrons. The minimum atomic E-state index is -4.82. The maximum absolute atomic E-state index is 13.0. The largest absolute Gasteiger partial charge is 0.481 e. The molecule has 1 saturated heterocycles. The van der Waals surface area contributed by atoms with E-state index in [9.17, 15) is 31.2 Å². The van der Waals surface area contributed by atoms with E-state index in [0.717, 1.165) is 7.11 Å².